The average Bonchev–Trinajstić information content (AvgIpc) is 3.25. The molecule has 4 atom stereocenters. The molecule has 1 aliphatic heterocycles. The fraction of sp³-hybridized carbons (Fsp3) is 0.438. The number of rotatable bonds is 4. The first-order valence-corrected chi connectivity index (χ1v) is 7.80. The molecule has 0 aromatic heterocycles. The highest BCUT2D eigenvalue weighted by molar-refractivity contribution is 6.30. The second-order valence-electron chi connectivity index (χ2n) is 6.11. The molecule has 2 amide bonds. The van der Waals surface area contributed by atoms with Crippen molar-refractivity contribution in [2.75, 3.05) is 7.05 Å². The molecule has 1 aromatic carbocycles. The van der Waals surface area contributed by atoms with Crippen LogP contribution in [0.1, 0.15) is 24.4 Å². The van der Waals surface area contributed by atoms with Crippen LogP contribution in [0.2, 0.25) is 5.02 Å². The zero-order chi connectivity index (χ0) is 16.7. The van der Waals surface area contributed by atoms with Gasteiger partial charge in [0, 0.05) is 18.5 Å². The van der Waals surface area contributed by atoms with Gasteiger partial charge >= 0.3 is 5.97 Å². The van der Waals surface area contributed by atoms with Gasteiger partial charge in [-0.2, -0.15) is 0 Å². The number of amides is 2. The highest BCUT2D eigenvalue weighted by Gasteiger charge is 2.50. The summed E-state index contributed by atoms with van der Waals surface area (Å²) < 4.78 is 0. The van der Waals surface area contributed by atoms with Gasteiger partial charge in [-0.25, -0.2) is 0 Å². The molecule has 0 unspecified atom stereocenters. The van der Waals surface area contributed by atoms with E-state index in [2.05, 4.69) is 5.32 Å². The van der Waals surface area contributed by atoms with E-state index in [0.717, 1.165) is 5.56 Å². The largest absolute Gasteiger partial charge is 0.481 e. The first-order valence-electron chi connectivity index (χ1n) is 7.43. The first-order chi connectivity index (χ1) is 10.9. The van der Waals surface area contributed by atoms with Crippen molar-refractivity contribution >= 4 is 29.4 Å². The van der Waals surface area contributed by atoms with Crippen molar-refractivity contribution in [2.45, 2.75) is 24.9 Å². The van der Waals surface area contributed by atoms with Crippen LogP contribution in [0.4, 0.5) is 0 Å². The minimum Gasteiger partial charge on any atom is -0.481 e. The summed E-state index contributed by atoms with van der Waals surface area (Å²) in [6, 6.07) is 6.51. The van der Waals surface area contributed by atoms with E-state index in [1.54, 1.807) is 24.1 Å². The summed E-state index contributed by atoms with van der Waals surface area (Å²) in [5.74, 6) is -2.37. The molecule has 122 valence electrons. The number of aliphatic carboxylic acids is 1. The number of carbonyl (C=O) groups excluding carboxylic acids is 2. The molecule has 0 spiro atoms. The van der Waals surface area contributed by atoms with Gasteiger partial charge < -0.3 is 15.3 Å². The van der Waals surface area contributed by atoms with Crippen molar-refractivity contribution in [3.05, 3.63) is 34.9 Å². The molecule has 7 heteroatoms. The van der Waals surface area contributed by atoms with Crippen LogP contribution in [0, 0.1) is 11.8 Å². The van der Waals surface area contributed by atoms with Gasteiger partial charge in [0.05, 0.1) is 23.9 Å². The maximum absolute atomic E-state index is 12.2. The minimum atomic E-state index is -0.945. The Morgan fingerprint density at radius 1 is 1.26 bits per heavy atom. The van der Waals surface area contributed by atoms with E-state index in [-0.39, 0.29) is 30.3 Å². The molecular formula is C16H17ClN2O4. The normalized spacial score (nSPS) is 29.5. The van der Waals surface area contributed by atoms with Crippen LogP contribution in [0.5, 0.6) is 0 Å². The predicted molar refractivity (Wildman–Crippen MR) is 82.7 cm³/mol. The lowest BCUT2D eigenvalue weighted by Gasteiger charge is -2.26. The third-order valence-electron chi connectivity index (χ3n) is 4.57. The van der Waals surface area contributed by atoms with Crippen molar-refractivity contribution in [2.24, 2.45) is 11.8 Å². The Bertz CT molecular complexity index is 661. The quantitative estimate of drug-likeness (QED) is 0.871. The average molecular weight is 337 g/mol. The van der Waals surface area contributed by atoms with Crippen molar-refractivity contribution in [3.63, 3.8) is 0 Å². The van der Waals surface area contributed by atoms with Crippen molar-refractivity contribution < 1.29 is 19.5 Å². The number of hydrogen-bond donors (Lipinski definition) is 2. The Balaban J connectivity index is 1.74. The Hall–Kier alpha value is -2.08. The highest BCUT2D eigenvalue weighted by Crippen LogP contribution is 2.40. The second-order valence-corrected chi connectivity index (χ2v) is 6.54. The molecule has 3 rings (SSSR count). The topological polar surface area (TPSA) is 86.7 Å². The third kappa shape index (κ3) is 3.03. The smallest absolute Gasteiger partial charge is 0.307 e. The van der Waals surface area contributed by atoms with Gasteiger partial charge in [-0.3, -0.25) is 14.4 Å². The minimum absolute atomic E-state index is 0.0548. The molecule has 23 heavy (non-hydrogen) atoms. The van der Waals surface area contributed by atoms with E-state index in [4.69, 9.17) is 16.7 Å². The number of hydrogen-bond acceptors (Lipinski definition) is 3. The van der Waals surface area contributed by atoms with Gasteiger partial charge in [0.15, 0.2) is 0 Å². The van der Waals surface area contributed by atoms with Gasteiger partial charge in [-0.15, -0.1) is 0 Å². The van der Waals surface area contributed by atoms with Crippen molar-refractivity contribution in [3.8, 4) is 0 Å². The summed E-state index contributed by atoms with van der Waals surface area (Å²) in [5.41, 5.74) is 0.888. The van der Waals surface area contributed by atoms with Crippen LogP contribution in [-0.2, 0) is 14.4 Å². The lowest BCUT2D eigenvalue weighted by atomic mass is 10.00. The van der Waals surface area contributed by atoms with Gasteiger partial charge in [-0.1, -0.05) is 23.7 Å². The molecule has 1 saturated heterocycles. The van der Waals surface area contributed by atoms with E-state index in [9.17, 15) is 14.4 Å². The third-order valence-corrected chi connectivity index (χ3v) is 4.82. The molecule has 6 nitrogen and oxygen atoms in total. The summed E-state index contributed by atoms with van der Waals surface area (Å²) in [6.07, 6.45) is 0.573. The van der Waals surface area contributed by atoms with Crippen LogP contribution in [0.25, 0.3) is 0 Å². The molecule has 0 radical (unpaired) electrons. The zero-order valence-corrected chi connectivity index (χ0v) is 13.3. The Kier molecular flexibility index (Phi) is 4.02. The van der Waals surface area contributed by atoms with Crippen LogP contribution in [-0.4, -0.2) is 40.9 Å². The Morgan fingerprint density at radius 3 is 2.48 bits per heavy atom. The summed E-state index contributed by atoms with van der Waals surface area (Å²) in [7, 11) is 1.70. The molecule has 2 aliphatic rings. The number of carbonyl (C=O) groups is 3. The first kappa shape index (κ1) is 15.8. The fourth-order valence-electron chi connectivity index (χ4n) is 3.16. The lowest BCUT2D eigenvalue weighted by molar-refractivity contribution is -0.140. The Labute approximate surface area is 138 Å². The number of nitrogens with zero attached hydrogens (tertiary/aromatic N) is 1. The zero-order valence-electron chi connectivity index (χ0n) is 12.5. The van der Waals surface area contributed by atoms with E-state index in [1.807, 2.05) is 12.1 Å². The van der Waals surface area contributed by atoms with Crippen LogP contribution >= 0.6 is 11.6 Å². The molecule has 2 N–H and O–H groups in total. The number of nitrogens with one attached hydrogen (secondary N) is 1. The molecule has 1 heterocycles. The molecule has 2 fully saturated rings. The number of halogens is 1. The van der Waals surface area contributed by atoms with Crippen molar-refractivity contribution in [1.82, 2.24) is 10.2 Å². The molecule has 1 saturated carbocycles. The maximum Gasteiger partial charge on any atom is 0.307 e. The van der Waals surface area contributed by atoms with Crippen molar-refractivity contribution in [1.29, 1.82) is 0 Å². The van der Waals surface area contributed by atoms with E-state index in [0.29, 0.717) is 11.4 Å². The van der Waals surface area contributed by atoms with Crippen LogP contribution in [0.3, 0.4) is 0 Å². The van der Waals surface area contributed by atoms with Crippen LogP contribution in [0.15, 0.2) is 24.3 Å². The standard InChI is InChI=1S/C16H17ClN2O4/c1-19-13(20)7-12(14(19)8-2-4-9(17)5-3-8)18-15(21)10-6-11(10)16(22)23/h2-5,10-12,14H,6-7H2,1H3,(H,18,21)(H,22,23)/t10-,11+,12+,14+/m1/s1. The van der Waals surface area contributed by atoms with Crippen LogP contribution < -0.4 is 5.32 Å². The van der Waals surface area contributed by atoms with Gasteiger partial charge in [0.25, 0.3) is 0 Å². The fourth-order valence-corrected chi connectivity index (χ4v) is 3.29. The number of carboxylic acids is 1. The molecule has 1 aliphatic carbocycles. The van der Waals surface area contributed by atoms with E-state index >= 15 is 0 Å². The van der Waals surface area contributed by atoms with E-state index < -0.39 is 17.8 Å². The second kappa shape index (κ2) is 5.85. The molecule has 1 aromatic rings. The number of carboxylic acid groups (broad SMARTS) is 1. The van der Waals surface area contributed by atoms with E-state index in [1.165, 1.54) is 0 Å². The summed E-state index contributed by atoms with van der Waals surface area (Å²) in [4.78, 5) is 36.7. The predicted octanol–water partition coefficient (Wildman–Crippen LogP) is 1.45. The number of benzene rings is 1. The monoisotopic (exact) mass is 336 g/mol. The summed E-state index contributed by atoms with van der Waals surface area (Å²) >= 11 is 5.89. The SMILES string of the molecule is CN1C(=O)C[C@H](NC(=O)[C@@H]2C[C@@H]2C(=O)O)[C@@H]1c1ccc(Cl)cc1. The lowest BCUT2D eigenvalue weighted by Crippen LogP contribution is -2.40. The maximum atomic E-state index is 12.2. The number of likely N-dealkylation sites (N-methyl/N-ethyl adjacent to an activating group) is 1. The van der Waals surface area contributed by atoms with Gasteiger partial charge in [0.1, 0.15) is 0 Å². The summed E-state index contributed by atoms with van der Waals surface area (Å²) in [5, 5.41) is 12.4. The van der Waals surface area contributed by atoms with Gasteiger partial charge in [0.2, 0.25) is 11.8 Å². The molecule has 0 bridgehead atoms. The van der Waals surface area contributed by atoms with Gasteiger partial charge in [-0.05, 0) is 24.1 Å². The summed E-state index contributed by atoms with van der Waals surface area (Å²) in [6.45, 7) is 0. The Morgan fingerprint density at radius 2 is 1.91 bits per heavy atom. The highest BCUT2D eigenvalue weighted by atomic mass is 35.5. The molecular weight excluding hydrogens is 320 g/mol. The number of likely N-dealkylation sites (tertiary alicyclic amines) is 1.